The Morgan fingerprint density at radius 3 is 1.89 bits per heavy atom. The van der Waals surface area contributed by atoms with Gasteiger partial charge in [0.2, 0.25) is 0 Å². The molecule has 2 aromatic carbocycles. The number of fused-ring (bicyclic) bond motifs is 1. The van der Waals surface area contributed by atoms with Crippen molar-refractivity contribution in [3.63, 3.8) is 0 Å². The molecule has 4 rings (SSSR count). The van der Waals surface area contributed by atoms with Crippen LogP contribution >= 0.6 is 0 Å². The first kappa shape index (κ1) is 19.9. The summed E-state index contributed by atoms with van der Waals surface area (Å²) in [5.41, 5.74) is 3.27. The summed E-state index contributed by atoms with van der Waals surface area (Å²) < 4.78 is 1.96. The molecule has 0 atom stereocenters. The summed E-state index contributed by atoms with van der Waals surface area (Å²) in [6, 6.07) is 21.2. The van der Waals surface area contributed by atoms with Crippen LogP contribution in [-0.4, -0.2) is 23.5 Å². The van der Waals surface area contributed by atoms with Gasteiger partial charge in [0.15, 0.2) is 18.9 Å². The molecule has 0 spiro atoms. The number of carbonyl (C=O) groups excluding carboxylic acids is 2. The van der Waals surface area contributed by atoms with E-state index in [1.807, 2.05) is 35.2 Å². The molecule has 1 aliphatic heterocycles. The number of imide groups is 1. The van der Waals surface area contributed by atoms with E-state index in [1.165, 1.54) is 11.1 Å². The van der Waals surface area contributed by atoms with Crippen LogP contribution in [0.3, 0.4) is 0 Å². The monoisotopic (exact) mass is 438 g/mol. The van der Waals surface area contributed by atoms with Crippen LogP contribution < -0.4 is 21.5 Å². The number of nitrogens with zero attached hydrogens (tertiary/aromatic N) is 2. The molecule has 0 saturated carbocycles. The summed E-state index contributed by atoms with van der Waals surface area (Å²) in [5.74, 6) is -0.808. The Balaban J connectivity index is 0.00000225. The summed E-state index contributed by atoms with van der Waals surface area (Å²) in [6.07, 6.45) is 4.83. The maximum atomic E-state index is 12.2. The molecule has 1 aromatic heterocycles. The fourth-order valence-corrected chi connectivity index (χ4v) is 3.11. The van der Waals surface area contributed by atoms with Gasteiger partial charge in [-0.1, -0.05) is 42.5 Å². The lowest BCUT2D eigenvalue weighted by molar-refractivity contribution is -0.699. The number of amides is 2. The summed E-state index contributed by atoms with van der Waals surface area (Å²) in [4.78, 5) is 29.9. The third-order valence-corrected chi connectivity index (χ3v) is 4.54. The highest BCUT2D eigenvalue weighted by atomic mass is 79.9. The summed E-state index contributed by atoms with van der Waals surface area (Å²) >= 11 is 0. The largest absolute Gasteiger partial charge is 1.00 e. The number of rotatable bonds is 6. The van der Waals surface area contributed by atoms with Crippen molar-refractivity contribution >= 4 is 11.8 Å². The predicted octanol–water partition coefficient (Wildman–Crippen LogP) is -0.203. The maximum absolute atomic E-state index is 12.2. The summed E-state index contributed by atoms with van der Waals surface area (Å²) in [7, 11) is 0. The molecule has 6 heteroatoms. The van der Waals surface area contributed by atoms with Crippen LogP contribution in [0.25, 0.3) is 0 Å². The zero-order chi connectivity index (χ0) is 18.6. The molecule has 2 heterocycles. The van der Waals surface area contributed by atoms with E-state index in [1.54, 1.807) is 24.3 Å². The first-order valence-electron chi connectivity index (χ1n) is 8.85. The van der Waals surface area contributed by atoms with Gasteiger partial charge in [-0.3, -0.25) is 14.4 Å². The molecule has 0 fully saturated rings. The highest BCUT2D eigenvalue weighted by Crippen LogP contribution is 2.22. The predicted molar refractivity (Wildman–Crippen MR) is 98.8 cm³/mol. The van der Waals surface area contributed by atoms with E-state index in [0.717, 1.165) is 11.5 Å². The summed E-state index contributed by atoms with van der Waals surface area (Å²) in [5, 5.41) is 0.856. The Kier molecular flexibility index (Phi) is 6.34. The van der Waals surface area contributed by atoms with Gasteiger partial charge in [0, 0.05) is 12.1 Å². The number of benzene rings is 2. The molecular formula is C22H19BrN2O3. The van der Waals surface area contributed by atoms with Crippen LogP contribution in [-0.2, 0) is 17.8 Å². The number of halogens is 1. The van der Waals surface area contributed by atoms with Gasteiger partial charge < -0.3 is 17.0 Å². The van der Waals surface area contributed by atoms with Gasteiger partial charge >= 0.3 is 0 Å². The van der Waals surface area contributed by atoms with E-state index in [4.69, 9.17) is 4.84 Å². The topological polar surface area (TPSA) is 50.5 Å². The average molecular weight is 439 g/mol. The molecule has 5 nitrogen and oxygen atoms in total. The third kappa shape index (κ3) is 4.18. The molecule has 142 valence electrons. The molecule has 3 aromatic rings. The number of hydrogen-bond donors (Lipinski definition) is 0. The SMILES string of the molecule is O=C1c2ccccc2C(=O)N1OCC[n+]1ccc(Cc2ccccc2)cc1.[Br-]. The van der Waals surface area contributed by atoms with E-state index in [2.05, 4.69) is 24.3 Å². The van der Waals surface area contributed by atoms with Crippen molar-refractivity contribution in [3.05, 3.63) is 101 Å². The van der Waals surface area contributed by atoms with Crippen molar-refractivity contribution in [1.29, 1.82) is 0 Å². The second kappa shape index (κ2) is 8.91. The fraction of sp³-hybridized carbons (Fsp3) is 0.136. The van der Waals surface area contributed by atoms with Gasteiger partial charge in [0.25, 0.3) is 11.8 Å². The zero-order valence-electron chi connectivity index (χ0n) is 15.1. The minimum absolute atomic E-state index is 0. The molecule has 28 heavy (non-hydrogen) atoms. The molecule has 1 aliphatic rings. The van der Waals surface area contributed by atoms with Gasteiger partial charge in [0.05, 0.1) is 11.1 Å². The fourth-order valence-electron chi connectivity index (χ4n) is 3.11. The maximum Gasteiger partial charge on any atom is 0.285 e. The molecule has 0 aliphatic carbocycles. The molecule has 0 saturated heterocycles. The lowest BCUT2D eigenvalue weighted by Crippen LogP contribution is -3.00. The van der Waals surface area contributed by atoms with Crippen LogP contribution in [0.4, 0.5) is 0 Å². The van der Waals surface area contributed by atoms with Crippen LogP contribution in [0.15, 0.2) is 79.1 Å². The highest BCUT2D eigenvalue weighted by molar-refractivity contribution is 6.20. The Bertz CT molecular complexity index is 940. The quantitative estimate of drug-likeness (QED) is 0.395. The Morgan fingerprint density at radius 1 is 0.750 bits per heavy atom. The molecule has 0 bridgehead atoms. The minimum Gasteiger partial charge on any atom is -1.00 e. The molecule has 0 N–H and O–H groups in total. The third-order valence-electron chi connectivity index (χ3n) is 4.54. The first-order valence-corrected chi connectivity index (χ1v) is 8.85. The van der Waals surface area contributed by atoms with Crippen molar-refractivity contribution in [1.82, 2.24) is 5.06 Å². The van der Waals surface area contributed by atoms with E-state index in [9.17, 15) is 9.59 Å². The van der Waals surface area contributed by atoms with Gasteiger partial charge in [-0.25, -0.2) is 4.57 Å². The van der Waals surface area contributed by atoms with Gasteiger partial charge in [-0.15, -0.1) is 5.06 Å². The highest BCUT2D eigenvalue weighted by Gasteiger charge is 2.36. The molecule has 0 unspecified atom stereocenters. The lowest BCUT2D eigenvalue weighted by Gasteiger charge is -2.11. The standard InChI is InChI=1S/C22H19N2O3.BrH/c25-21-19-8-4-5-9-20(19)22(26)24(21)27-15-14-23-12-10-18(11-13-23)16-17-6-2-1-3-7-17;/h1-13H,14-16H2;1H/q+1;/p-1. The van der Waals surface area contributed by atoms with E-state index in [0.29, 0.717) is 17.7 Å². The van der Waals surface area contributed by atoms with Gasteiger partial charge in [-0.05, 0) is 29.7 Å². The Hall–Kier alpha value is -2.83. The minimum atomic E-state index is -0.404. The Morgan fingerprint density at radius 2 is 1.29 bits per heavy atom. The van der Waals surface area contributed by atoms with Gasteiger partial charge in [-0.2, -0.15) is 0 Å². The number of hydrogen-bond acceptors (Lipinski definition) is 3. The average Bonchev–Trinajstić information content (AvgIpc) is 2.95. The zero-order valence-corrected chi connectivity index (χ0v) is 16.7. The summed E-state index contributed by atoms with van der Waals surface area (Å²) in [6.45, 7) is 0.771. The van der Waals surface area contributed by atoms with Crippen LogP contribution in [0.2, 0.25) is 0 Å². The molecule has 2 amide bonds. The number of carbonyl (C=O) groups is 2. The van der Waals surface area contributed by atoms with Crippen LogP contribution in [0.1, 0.15) is 31.8 Å². The normalized spacial score (nSPS) is 12.6. The van der Waals surface area contributed by atoms with Crippen molar-refractivity contribution in [2.24, 2.45) is 0 Å². The smallest absolute Gasteiger partial charge is 0.285 e. The van der Waals surface area contributed by atoms with E-state index < -0.39 is 11.8 Å². The van der Waals surface area contributed by atoms with Crippen LogP contribution in [0.5, 0.6) is 0 Å². The van der Waals surface area contributed by atoms with Crippen molar-refractivity contribution in [3.8, 4) is 0 Å². The van der Waals surface area contributed by atoms with E-state index in [-0.39, 0.29) is 23.6 Å². The number of aromatic nitrogens is 1. The molecule has 0 radical (unpaired) electrons. The number of pyridine rings is 1. The van der Waals surface area contributed by atoms with Crippen molar-refractivity contribution in [2.45, 2.75) is 13.0 Å². The second-order valence-corrected chi connectivity index (χ2v) is 6.39. The van der Waals surface area contributed by atoms with E-state index >= 15 is 0 Å². The molecular weight excluding hydrogens is 420 g/mol. The number of hydroxylamine groups is 2. The van der Waals surface area contributed by atoms with Crippen LogP contribution in [0, 0.1) is 0 Å². The van der Waals surface area contributed by atoms with Gasteiger partial charge in [0.1, 0.15) is 6.61 Å². The van der Waals surface area contributed by atoms with Crippen molar-refractivity contribution in [2.75, 3.05) is 6.61 Å². The second-order valence-electron chi connectivity index (χ2n) is 6.39. The first-order chi connectivity index (χ1) is 13.2. The Labute approximate surface area is 173 Å². The van der Waals surface area contributed by atoms with Crippen molar-refractivity contribution < 1.29 is 36.0 Å². The lowest BCUT2D eigenvalue weighted by atomic mass is 10.1.